The maximum atomic E-state index is 10.3. The minimum Gasteiger partial charge on any atom is -0.478 e. The summed E-state index contributed by atoms with van der Waals surface area (Å²) in [6, 6.07) is 10.1. The highest BCUT2D eigenvalue weighted by Crippen LogP contribution is 2.08. The van der Waals surface area contributed by atoms with Gasteiger partial charge in [0.05, 0.1) is 0 Å². The van der Waals surface area contributed by atoms with Crippen LogP contribution in [0.4, 0.5) is 0 Å². The number of aliphatic carboxylic acids is 1. The van der Waals surface area contributed by atoms with E-state index in [4.69, 9.17) is 5.11 Å². The van der Waals surface area contributed by atoms with E-state index in [1.807, 2.05) is 37.3 Å². The summed E-state index contributed by atoms with van der Waals surface area (Å²) in [5.74, 6) is -0.865. The molecule has 0 spiro atoms. The molecule has 0 radical (unpaired) electrons. The van der Waals surface area contributed by atoms with Crippen molar-refractivity contribution in [2.24, 2.45) is 0 Å². The van der Waals surface area contributed by atoms with Gasteiger partial charge in [0.2, 0.25) is 0 Å². The van der Waals surface area contributed by atoms with Crippen LogP contribution in [-0.4, -0.2) is 11.1 Å². The van der Waals surface area contributed by atoms with Crippen molar-refractivity contribution in [3.8, 4) is 0 Å². The lowest BCUT2D eigenvalue weighted by Crippen LogP contribution is -1.92. The third-order valence-corrected chi connectivity index (χ3v) is 2.02. The van der Waals surface area contributed by atoms with Gasteiger partial charge >= 0.3 is 5.97 Å². The normalized spacial score (nSPS) is 11.4. The Labute approximate surface area is 83.9 Å². The van der Waals surface area contributed by atoms with Crippen LogP contribution >= 0.6 is 0 Å². The zero-order valence-electron chi connectivity index (χ0n) is 8.23. The fourth-order valence-corrected chi connectivity index (χ4v) is 1.27. The topological polar surface area (TPSA) is 37.3 Å². The van der Waals surface area contributed by atoms with Crippen molar-refractivity contribution in [3.63, 3.8) is 0 Å². The molecule has 0 saturated carbocycles. The molecule has 1 N–H and O–H groups in total. The van der Waals surface area contributed by atoms with Gasteiger partial charge in [0.1, 0.15) is 0 Å². The molecule has 0 aliphatic heterocycles. The van der Waals surface area contributed by atoms with E-state index in [0.29, 0.717) is 0 Å². The lowest BCUT2D eigenvalue weighted by atomic mass is 10.1. The lowest BCUT2D eigenvalue weighted by molar-refractivity contribution is -0.131. The Bertz CT molecular complexity index is 325. The molecule has 0 aliphatic rings. The van der Waals surface area contributed by atoms with Gasteiger partial charge in [-0.1, -0.05) is 35.9 Å². The number of carboxylic acids is 1. The molecule has 0 aliphatic carbocycles. The van der Waals surface area contributed by atoms with Gasteiger partial charge in [-0.3, -0.25) is 0 Å². The van der Waals surface area contributed by atoms with Crippen molar-refractivity contribution in [2.45, 2.75) is 19.8 Å². The van der Waals surface area contributed by atoms with Crippen LogP contribution in [0, 0.1) is 0 Å². The minimum atomic E-state index is -0.865. The monoisotopic (exact) mass is 190 g/mol. The minimum absolute atomic E-state index is 0.802. The number of rotatable bonds is 4. The van der Waals surface area contributed by atoms with Crippen LogP contribution in [0.15, 0.2) is 42.0 Å². The molecule has 1 rings (SSSR count). The Hall–Kier alpha value is -1.57. The summed E-state index contributed by atoms with van der Waals surface area (Å²) in [6.45, 7) is 1.84. The maximum absolute atomic E-state index is 10.3. The molecule has 0 heterocycles. The van der Waals surface area contributed by atoms with Gasteiger partial charge in [-0.15, -0.1) is 0 Å². The Morgan fingerprint density at radius 2 is 2.00 bits per heavy atom. The SMILES string of the molecule is CC(=CC(=O)O)CCc1ccccc1. The van der Waals surface area contributed by atoms with Crippen LogP contribution in [0.2, 0.25) is 0 Å². The van der Waals surface area contributed by atoms with Crippen molar-refractivity contribution < 1.29 is 9.90 Å². The highest BCUT2D eigenvalue weighted by molar-refractivity contribution is 5.80. The van der Waals surface area contributed by atoms with E-state index >= 15 is 0 Å². The molecule has 0 bridgehead atoms. The molecule has 74 valence electrons. The van der Waals surface area contributed by atoms with Crippen LogP contribution in [0.5, 0.6) is 0 Å². The van der Waals surface area contributed by atoms with Crippen molar-refractivity contribution in [2.75, 3.05) is 0 Å². The van der Waals surface area contributed by atoms with Crippen LogP contribution in [-0.2, 0) is 11.2 Å². The van der Waals surface area contributed by atoms with E-state index < -0.39 is 5.97 Å². The third-order valence-electron chi connectivity index (χ3n) is 2.02. The van der Waals surface area contributed by atoms with Crippen molar-refractivity contribution in [1.29, 1.82) is 0 Å². The largest absolute Gasteiger partial charge is 0.478 e. The Morgan fingerprint density at radius 1 is 1.36 bits per heavy atom. The average molecular weight is 190 g/mol. The molecule has 0 unspecified atom stereocenters. The molecule has 0 saturated heterocycles. The summed E-state index contributed by atoms with van der Waals surface area (Å²) in [7, 11) is 0. The molecular weight excluding hydrogens is 176 g/mol. The summed E-state index contributed by atoms with van der Waals surface area (Å²) < 4.78 is 0. The third kappa shape index (κ3) is 3.90. The van der Waals surface area contributed by atoms with E-state index in [1.54, 1.807) is 0 Å². The molecule has 14 heavy (non-hydrogen) atoms. The summed E-state index contributed by atoms with van der Waals surface area (Å²) in [6.07, 6.45) is 2.97. The van der Waals surface area contributed by atoms with Gasteiger partial charge in [-0.2, -0.15) is 0 Å². The highest BCUT2D eigenvalue weighted by Gasteiger charge is 1.96. The first-order chi connectivity index (χ1) is 6.68. The number of benzene rings is 1. The van der Waals surface area contributed by atoms with E-state index in [0.717, 1.165) is 18.4 Å². The first kappa shape index (κ1) is 10.5. The first-order valence-electron chi connectivity index (χ1n) is 4.62. The lowest BCUT2D eigenvalue weighted by Gasteiger charge is -2.00. The molecular formula is C12H14O2. The van der Waals surface area contributed by atoms with E-state index in [2.05, 4.69) is 0 Å². The molecule has 0 atom stereocenters. The van der Waals surface area contributed by atoms with Gasteiger partial charge in [-0.05, 0) is 25.3 Å². The molecule has 2 nitrogen and oxygen atoms in total. The van der Waals surface area contributed by atoms with Gasteiger partial charge in [-0.25, -0.2) is 4.79 Å². The highest BCUT2D eigenvalue weighted by atomic mass is 16.4. The summed E-state index contributed by atoms with van der Waals surface area (Å²) in [4.78, 5) is 10.3. The molecule has 0 aromatic heterocycles. The number of hydrogen-bond acceptors (Lipinski definition) is 1. The van der Waals surface area contributed by atoms with E-state index in [-0.39, 0.29) is 0 Å². The van der Waals surface area contributed by atoms with Crippen LogP contribution in [0.3, 0.4) is 0 Å². The van der Waals surface area contributed by atoms with Crippen molar-refractivity contribution in [1.82, 2.24) is 0 Å². The molecule has 0 amide bonds. The smallest absolute Gasteiger partial charge is 0.328 e. The second-order valence-electron chi connectivity index (χ2n) is 3.31. The average Bonchev–Trinajstić information content (AvgIpc) is 2.15. The fourth-order valence-electron chi connectivity index (χ4n) is 1.27. The van der Waals surface area contributed by atoms with Crippen molar-refractivity contribution in [3.05, 3.63) is 47.5 Å². The van der Waals surface area contributed by atoms with Crippen LogP contribution < -0.4 is 0 Å². The maximum Gasteiger partial charge on any atom is 0.328 e. The molecule has 2 heteroatoms. The summed E-state index contributed by atoms with van der Waals surface area (Å²) in [5.41, 5.74) is 2.15. The van der Waals surface area contributed by atoms with Gasteiger partial charge in [0, 0.05) is 6.08 Å². The quantitative estimate of drug-likeness (QED) is 0.741. The fraction of sp³-hybridized carbons (Fsp3) is 0.250. The Kier molecular flexibility index (Phi) is 3.92. The van der Waals surface area contributed by atoms with Gasteiger partial charge in [0.25, 0.3) is 0 Å². The van der Waals surface area contributed by atoms with Crippen molar-refractivity contribution >= 4 is 5.97 Å². The predicted octanol–water partition coefficient (Wildman–Crippen LogP) is 2.65. The number of carbonyl (C=O) groups is 1. The summed E-state index contributed by atoms with van der Waals surface area (Å²) in [5, 5.41) is 8.50. The number of hydrogen-bond donors (Lipinski definition) is 1. The second-order valence-corrected chi connectivity index (χ2v) is 3.31. The van der Waals surface area contributed by atoms with Crippen LogP contribution in [0.1, 0.15) is 18.9 Å². The standard InChI is InChI=1S/C12H14O2/c1-10(9-12(13)14)7-8-11-5-3-2-4-6-11/h2-6,9H,7-8H2,1H3,(H,13,14). The van der Waals surface area contributed by atoms with E-state index in [1.165, 1.54) is 11.6 Å². The zero-order valence-corrected chi connectivity index (χ0v) is 8.23. The number of carboxylic acid groups (broad SMARTS) is 1. The van der Waals surface area contributed by atoms with E-state index in [9.17, 15) is 4.79 Å². The number of allylic oxidation sites excluding steroid dienone is 1. The zero-order chi connectivity index (χ0) is 10.4. The van der Waals surface area contributed by atoms with Gasteiger partial charge in [0.15, 0.2) is 0 Å². The van der Waals surface area contributed by atoms with Gasteiger partial charge < -0.3 is 5.11 Å². The Morgan fingerprint density at radius 3 is 2.57 bits per heavy atom. The summed E-state index contributed by atoms with van der Waals surface area (Å²) >= 11 is 0. The molecule has 0 fully saturated rings. The first-order valence-corrected chi connectivity index (χ1v) is 4.62. The second kappa shape index (κ2) is 5.22. The van der Waals surface area contributed by atoms with Crippen LogP contribution in [0.25, 0.3) is 0 Å². The predicted molar refractivity (Wildman–Crippen MR) is 56.2 cm³/mol. The Balaban J connectivity index is 2.45. The molecule has 1 aromatic carbocycles. The molecule has 1 aromatic rings. The number of aryl methyl sites for hydroxylation is 1.